The zero-order valence-electron chi connectivity index (χ0n) is 9.24. The molecule has 0 radical (unpaired) electrons. The Morgan fingerprint density at radius 1 is 1.29 bits per heavy atom. The first-order valence-corrected chi connectivity index (χ1v) is 5.22. The standard InChI is InChI=1S/C12H11FN2O2/c1-2-15-11(16)7-10(14-12(15)17)8-4-3-5-9(13)6-8/h3-7H,2H2,1H3,(H,14,17). The molecular weight excluding hydrogens is 223 g/mol. The third-order valence-electron chi connectivity index (χ3n) is 2.47. The molecule has 0 aliphatic heterocycles. The van der Waals surface area contributed by atoms with E-state index in [9.17, 15) is 14.0 Å². The van der Waals surface area contributed by atoms with Crippen LogP contribution in [-0.4, -0.2) is 9.55 Å². The predicted octanol–water partition coefficient (Wildman–Crippen LogP) is 1.36. The van der Waals surface area contributed by atoms with Gasteiger partial charge in [-0.2, -0.15) is 0 Å². The van der Waals surface area contributed by atoms with Crippen molar-refractivity contribution in [2.45, 2.75) is 13.5 Å². The Bertz CT molecular complexity index is 627. The van der Waals surface area contributed by atoms with Crippen molar-refractivity contribution in [3.05, 3.63) is 57.0 Å². The monoisotopic (exact) mass is 234 g/mol. The molecule has 0 unspecified atom stereocenters. The highest BCUT2D eigenvalue weighted by Gasteiger charge is 2.05. The molecule has 0 atom stereocenters. The minimum absolute atomic E-state index is 0.303. The number of H-pyrrole nitrogens is 1. The molecule has 1 aromatic heterocycles. The lowest BCUT2D eigenvalue weighted by Gasteiger charge is -2.04. The molecule has 2 aromatic rings. The minimum atomic E-state index is -0.487. The van der Waals surface area contributed by atoms with Crippen molar-refractivity contribution in [1.29, 1.82) is 0 Å². The Labute approximate surface area is 96.4 Å². The molecule has 4 nitrogen and oxygen atoms in total. The van der Waals surface area contributed by atoms with Gasteiger partial charge in [-0.3, -0.25) is 9.36 Å². The van der Waals surface area contributed by atoms with Crippen LogP contribution < -0.4 is 11.2 Å². The molecule has 1 aromatic carbocycles. The fourth-order valence-corrected chi connectivity index (χ4v) is 1.63. The summed E-state index contributed by atoms with van der Waals surface area (Å²) in [5.41, 5.74) is -0.0820. The first-order valence-electron chi connectivity index (χ1n) is 5.22. The third kappa shape index (κ3) is 2.18. The van der Waals surface area contributed by atoms with Crippen molar-refractivity contribution in [3.63, 3.8) is 0 Å². The van der Waals surface area contributed by atoms with E-state index in [-0.39, 0.29) is 0 Å². The Kier molecular flexibility index (Phi) is 2.91. The number of rotatable bonds is 2. The van der Waals surface area contributed by atoms with Crippen LogP contribution in [0.5, 0.6) is 0 Å². The number of nitrogens with zero attached hydrogens (tertiary/aromatic N) is 1. The first-order chi connectivity index (χ1) is 8.11. The van der Waals surface area contributed by atoms with Crippen LogP contribution in [0.1, 0.15) is 6.92 Å². The minimum Gasteiger partial charge on any atom is -0.307 e. The van der Waals surface area contributed by atoms with Crippen LogP contribution in [0.15, 0.2) is 39.9 Å². The zero-order valence-corrected chi connectivity index (χ0v) is 9.24. The summed E-state index contributed by atoms with van der Waals surface area (Å²) < 4.78 is 14.1. The molecule has 2 rings (SSSR count). The molecule has 17 heavy (non-hydrogen) atoms. The van der Waals surface area contributed by atoms with E-state index in [2.05, 4.69) is 4.98 Å². The fraction of sp³-hybridized carbons (Fsp3) is 0.167. The summed E-state index contributed by atoms with van der Waals surface area (Å²) in [6.07, 6.45) is 0. The van der Waals surface area contributed by atoms with E-state index >= 15 is 0 Å². The van der Waals surface area contributed by atoms with E-state index in [1.54, 1.807) is 13.0 Å². The maximum atomic E-state index is 13.0. The maximum absolute atomic E-state index is 13.0. The topological polar surface area (TPSA) is 54.9 Å². The second-order valence-electron chi connectivity index (χ2n) is 3.58. The van der Waals surface area contributed by atoms with Crippen molar-refractivity contribution < 1.29 is 4.39 Å². The quantitative estimate of drug-likeness (QED) is 0.853. The molecule has 0 bridgehead atoms. The van der Waals surface area contributed by atoms with Gasteiger partial charge >= 0.3 is 5.69 Å². The molecule has 0 spiro atoms. The highest BCUT2D eigenvalue weighted by Crippen LogP contribution is 2.14. The van der Waals surface area contributed by atoms with Crippen LogP contribution in [0.3, 0.4) is 0 Å². The smallest absolute Gasteiger partial charge is 0.307 e. The number of halogens is 1. The second-order valence-corrected chi connectivity index (χ2v) is 3.58. The van der Waals surface area contributed by atoms with E-state index in [1.807, 2.05) is 0 Å². The average Bonchev–Trinajstić information content (AvgIpc) is 2.28. The zero-order chi connectivity index (χ0) is 12.4. The molecule has 0 amide bonds. The summed E-state index contributed by atoms with van der Waals surface area (Å²) in [5, 5.41) is 0. The summed E-state index contributed by atoms with van der Waals surface area (Å²) in [6, 6.07) is 7.01. The van der Waals surface area contributed by atoms with Gasteiger partial charge in [-0.25, -0.2) is 9.18 Å². The second kappa shape index (κ2) is 4.37. The third-order valence-corrected chi connectivity index (χ3v) is 2.47. The molecule has 88 valence electrons. The predicted molar refractivity (Wildman–Crippen MR) is 62.4 cm³/mol. The van der Waals surface area contributed by atoms with Crippen LogP contribution in [0, 0.1) is 5.82 Å². The van der Waals surface area contributed by atoms with Gasteiger partial charge in [0, 0.05) is 18.2 Å². The lowest BCUT2D eigenvalue weighted by atomic mass is 10.1. The van der Waals surface area contributed by atoms with Crippen molar-refractivity contribution in [2.24, 2.45) is 0 Å². The van der Waals surface area contributed by atoms with Crippen LogP contribution >= 0.6 is 0 Å². The van der Waals surface area contributed by atoms with Gasteiger partial charge in [0.05, 0.1) is 5.69 Å². The largest absolute Gasteiger partial charge is 0.328 e. The molecule has 5 heteroatoms. The molecule has 0 fully saturated rings. The van der Waals surface area contributed by atoms with Crippen LogP contribution in [-0.2, 0) is 6.54 Å². The number of aromatic amines is 1. The van der Waals surface area contributed by atoms with E-state index < -0.39 is 17.1 Å². The lowest BCUT2D eigenvalue weighted by Crippen LogP contribution is -2.34. The van der Waals surface area contributed by atoms with E-state index in [1.165, 1.54) is 24.3 Å². The number of aromatic nitrogens is 2. The summed E-state index contributed by atoms with van der Waals surface area (Å²) in [5.74, 6) is -0.414. The number of benzene rings is 1. The van der Waals surface area contributed by atoms with Crippen molar-refractivity contribution in [2.75, 3.05) is 0 Å². The van der Waals surface area contributed by atoms with E-state index in [0.717, 1.165) is 4.57 Å². The Morgan fingerprint density at radius 3 is 2.65 bits per heavy atom. The van der Waals surface area contributed by atoms with Crippen molar-refractivity contribution in [3.8, 4) is 11.3 Å². The highest BCUT2D eigenvalue weighted by molar-refractivity contribution is 5.58. The highest BCUT2D eigenvalue weighted by atomic mass is 19.1. The number of hydrogen-bond acceptors (Lipinski definition) is 2. The Morgan fingerprint density at radius 2 is 2.06 bits per heavy atom. The Balaban J connectivity index is 2.63. The van der Waals surface area contributed by atoms with Crippen LogP contribution in [0.4, 0.5) is 4.39 Å². The lowest BCUT2D eigenvalue weighted by molar-refractivity contribution is 0.628. The van der Waals surface area contributed by atoms with Gasteiger partial charge < -0.3 is 4.98 Å². The van der Waals surface area contributed by atoms with Gasteiger partial charge in [0.25, 0.3) is 5.56 Å². The van der Waals surface area contributed by atoms with Gasteiger partial charge in [0.1, 0.15) is 5.82 Å². The summed E-state index contributed by atoms with van der Waals surface area (Å²) in [6.45, 7) is 2.01. The van der Waals surface area contributed by atoms with Crippen molar-refractivity contribution >= 4 is 0 Å². The van der Waals surface area contributed by atoms with Crippen molar-refractivity contribution in [1.82, 2.24) is 9.55 Å². The fourth-order valence-electron chi connectivity index (χ4n) is 1.63. The summed E-state index contributed by atoms with van der Waals surface area (Å²) in [4.78, 5) is 25.7. The average molecular weight is 234 g/mol. The van der Waals surface area contributed by atoms with E-state index in [0.29, 0.717) is 17.8 Å². The molecule has 0 saturated carbocycles. The SMILES string of the molecule is CCn1c(=O)cc(-c2cccc(F)c2)[nH]c1=O. The molecule has 0 aliphatic rings. The number of nitrogens with one attached hydrogen (secondary N) is 1. The molecule has 1 heterocycles. The van der Waals surface area contributed by atoms with Gasteiger partial charge in [-0.15, -0.1) is 0 Å². The maximum Gasteiger partial charge on any atom is 0.328 e. The Hall–Kier alpha value is -2.17. The van der Waals surface area contributed by atoms with Crippen LogP contribution in [0.2, 0.25) is 0 Å². The summed E-state index contributed by atoms with van der Waals surface area (Å²) >= 11 is 0. The van der Waals surface area contributed by atoms with E-state index in [4.69, 9.17) is 0 Å². The molecule has 1 N–H and O–H groups in total. The van der Waals surface area contributed by atoms with Gasteiger partial charge in [0.2, 0.25) is 0 Å². The van der Waals surface area contributed by atoms with Gasteiger partial charge in [-0.05, 0) is 19.1 Å². The van der Waals surface area contributed by atoms with Gasteiger partial charge in [-0.1, -0.05) is 12.1 Å². The molecule has 0 saturated heterocycles. The number of hydrogen-bond donors (Lipinski definition) is 1. The van der Waals surface area contributed by atoms with Crippen LogP contribution in [0.25, 0.3) is 11.3 Å². The van der Waals surface area contributed by atoms with Gasteiger partial charge in [0.15, 0.2) is 0 Å². The summed E-state index contributed by atoms with van der Waals surface area (Å²) in [7, 11) is 0. The normalized spacial score (nSPS) is 10.5. The molecular formula is C12H11FN2O2. The molecule has 0 aliphatic carbocycles. The first kappa shape index (κ1) is 11.3.